The zero-order valence-electron chi connectivity index (χ0n) is 17.9. The van der Waals surface area contributed by atoms with Crippen molar-refractivity contribution in [2.45, 2.75) is 12.8 Å². The summed E-state index contributed by atoms with van der Waals surface area (Å²) in [6.45, 7) is 0. The molecule has 32 heavy (non-hydrogen) atoms. The number of nitrogens with two attached hydrogens (primary N) is 2. The van der Waals surface area contributed by atoms with Gasteiger partial charge >= 0.3 is 0 Å². The van der Waals surface area contributed by atoms with Crippen molar-refractivity contribution in [2.75, 3.05) is 0 Å². The lowest BCUT2D eigenvalue weighted by Gasteiger charge is -2.14. The fraction of sp³-hybridized carbons (Fsp3) is 0.0714. The van der Waals surface area contributed by atoms with Crippen molar-refractivity contribution >= 4 is 11.4 Å². The lowest BCUT2D eigenvalue weighted by molar-refractivity contribution is 0.953. The summed E-state index contributed by atoms with van der Waals surface area (Å²) in [6.07, 6.45) is 1.68. The number of hydrazone groups is 2. The fourth-order valence-electron chi connectivity index (χ4n) is 4.00. The third-order valence-electron chi connectivity index (χ3n) is 5.56. The molecule has 0 radical (unpaired) electrons. The van der Waals surface area contributed by atoms with Gasteiger partial charge in [0.15, 0.2) is 0 Å². The second kappa shape index (κ2) is 10.2. The molecular formula is C28H26N4. The molecule has 0 aliphatic heterocycles. The molecule has 4 aromatic carbocycles. The number of rotatable bonds is 7. The molecule has 0 aliphatic rings. The molecule has 4 rings (SSSR count). The Balaban J connectivity index is 1.64. The van der Waals surface area contributed by atoms with Gasteiger partial charge in [0.05, 0.1) is 11.4 Å². The highest BCUT2D eigenvalue weighted by Gasteiger charge is 2.14. The van der Waals surface area contributed by atoms with Crippen LogP contribution in [0.25, 0.3) is 0 Å². The van der Waals surface area contributed by atoms with E-state index in [4.69, 9.17) is 11.7 Å². The zero-order valence-corrected chi connectivity index (χ0v) is 17.9. The molecule has 4 heteroatoms. The first-order valence-corrected chi connectivity index (χ1v) is 10.6. The van der Waals surface area contributed by atoms with E-state index in [2.05, 4.69) is 46.6 Å². The summed E-state index contributed by atoms with van der Waals surface area (Å²) in [4.78, 5) is 0. The fourth-order valence-corrected chi connectivity index (χ4v) is 4.00. The van der Waals surface area contributed by atoms with Gasteiger partial charge in [-0.2, -0.15) is 10.2 Å². The summed E-state index contributed by atoms with van der Waals surface area (Å²) in [5.41, 5.74) is 8.09. The molecule has 4 nitrogen and oxygen atoms in total. The van der Waals surface area contributed by atoms with Crippen LogP contribution in [0.4, 0.5) is 0 Å². The van der Waals surface area contributed by atoms with Gasteiger partial charge in [0.1, 0.15) is 0 Å². The maximum absolute atomic E-state index is 5.82. The van der Waals surface area contributed by atoms with Gasteiger partial charge in [0.25, 0.3) is 0 Å². The molecule has 0 bridgehead atoms. The van der Waals surface area contributed by atoms with Crippen molar-refractivity contribution in [3.8, 4) is 0 Å². The van der Waals surface area contributed by atoms with Crippen LogP contribution in [-0.2, 0) is 12.8 Å². The maximum atomic E-state index is 5.82. The normalized spacial score (nSPS) is 12.0. The Morgan fingerprint density at radius 2 is 0.812 bits per heavy atom. The molecule has 0 saturated heterocycles. The van der Waals surface area contributed by atoms with Crippen LogP contribution in [-0.4, -0.2) is 11.4 Å². The Morgan fingerprint density at radius 1 is 0.469 bits per heavy atom. The number of hydrogen-bond acceptors (Lipinski definition) is 4. The van der Waals surface area contributed by atoms with E-state index in [1.54, 1.807) is 0 Å². The minimum Gasteiger partial charge on any atom is -0.323 e. The third kappa shape index (κ3) is 4.60. The van der Waals surface area contributed by atoms with Crippen LogP contribution < -0.4 is 11.7 Å². The van der Waals surface area contributed by atoms with Crippen molar-refractivity contribution in [2.24, 2.45) is 21.9 Å². The second-order valence-electron chi connectivity index (χ2n) is 7.50. The minimum atomic E-state index is 0.794. The second-order valence-corrected chi connectivity index (χ2v) is 7.50. The van der Waals surface area contributed by atoms with Gasteiger partial charge in [0, 0.05) is 22.3 Å². The third-order valence-corrected chi connectivity index (χ3v) is 5.56. The first-order valence-electron chi connectivity index (χ1n) is 10.6. The molecule has 158 valence electrons. The Hall–Kier alpha value is -4.18. The van der Waals surface area contributed by atoms with Gasteiger partial charge in [0.2, 0.25) is 0 Å². The SMILES string of the molecule is NN=C(c1ccccc1)c1ccccc1CCc1ccccc1C(=NN)c1ccccc1. The smallest absolute Gasteiger partial charge is 0.0974 e. The number of benzene rings is 4. The highest BCUT2D eigenvalue weighted by Crippen LogP contribution is 2.21. The van der Waals surface area contributed by atoms with Crippen molar-refractivity contribution in [1.29, 1.82) is 0 Å². The van der Waals surface area contributed by atoms with Crippen LogP contribution in [0.1, 0.15) is 33.4 Å². The minimum absolute atomic E-state index is 0.794. The first kappa shape index (κ1) is 21.1. The summed E-state index contributed by atoms with van der Waals surface area (Å²) < 4.78 is 0. The van der Waals surface area contributed by atoms with E-state index in [1.165, 1.54) is 11.1 Å². The molecule has 0 aromatic heterocycles. The molecule has 0 unspecified atom stereocenters. The van der Waals surface area contributed by atoms with E-state index in [9.17, 15) is 0 Å². The van der Waals surface area contributed by atoms with E-state index >= 15 is 0 Å². The number of hydrogen-bond donors (Lipinski definition) is 2. The van der Waals surface area contributed by atoms with E-state index < -0.39 is 0 Å². The van der Waals surface area contributed by atoms with Crippen molar-refractivity contribution in [1.82, 2.24) is 0 Å². The predicted octanol–water partition coefficient (Wildman–Crippen LogP) is 4.89. The molecular weight excluding hydrogens is 392 g/mol. The van der Waals surface area contributed by atoms with Crippen molar-refractivity contribution < 1.29 is 0 Å². The average molecular weight is 419 g/mol. The van der Waals surface area contributed by atoms with Crippen LogP contribution in [0.15, 0.2) is 119 Å². The van der Waals surface area contributed by atoms with Crippen LogP contribution >= 0.6 is 0 Å². The van der Waals surface area contributed by atoms with E-state index in [0.717, 1.165) is 46.5 Å². The molecule has 4 N–H and O–H groups in total. The van der Waals surface area contributed by atoms with E-state index in [1.807, 2.05) is 72.8 Å². The quantitative estimate of drug-likeness (QED) is 0.255. The highest BCUT2D eigenvalue weighted by molar-refractivity contribution is 6.14. The molecule has 0 atom stereocenters. The Bertz CT molecular complexity index is 1130. The summed E-state index contributed by atoms with van der Waals surface area (Å²) in [7, 11) is 0. The Morgan fingerprint density at radius 3 is 1.19 bits per heavy atom. The van der Waals surface area contributed by atoms with Crippen LogP contribution in [0, 0.1) is 0 Å². The number of nitrogens with zero attached hydrogens (tertiary/aromatic N) is 2. The largest absolute Gasteiger partial charge is 0.323 e. The Labute approximate surface area is 188 Å². The highest BCUT2D eigenvalue weighted by atomic mass is 15.1. The lowest BCUT2D eigenvalue weighted by Crippen LogP contribution is -2.12. The van der Waals surface area contributed by atoms with Gasteiger partial charge in [-0.25, -0.2) is 0 Å². The summed E-state index contributed by atoms with van der Waals surface area (Å²) >= 11 is 0. The molecule has 0 fully saturated rings. The monoisotopic (exact) mass is 418 g/mol. The van der Waals surface area contributed by atoms with Gasteiger partial charge in [-0.15, -0.1) is 0 Å². The van der Waals surface area contributed by atoms with Crippen LogP contribution in [0.2, 0.25) is 0 Å². The standard InChI is InChI=1S/C28H26N4/c29-31-27(23-13-3-1-4-14-23)25-17-9-7-11-21(25)19-20-22-12-8-10-18-26(22)28(32-30)24-15-5-2-6-16-24/h1-18H,19-20,29-30H2. The van der Waals surface area contributed by atoms with Crippen molar-refractivity contribution in [3.05, 3.63) is 143 Å². The average Bonchev–Trinajstić information content (AvgIpc) is 2.86. The molecule has 0 spiro atoms. The summed E-state index contributed by atoms with van der Waals surface area (Å²) in [6, 6.07) is 36.7. The molecule has 0 saturated carbocycles. The maximum Gasteiger partial charge on any atom is 0.0974 e. The summed E-state index contributed by atoms with van der Waals surface area (Å²) in [5, 5.41) is 8.25. The van der Waals surface area contributed by atoms with Gasteiger partial charge in [-0.3, -0.25) is 0 Å². The zero-order chi connectivity index (χ0) is 22.2. The van der Waals surface area contributed by atoms with Crippen LogP contribution in [0.5, 0.6) is 0 Å². The van der Waals surface area contributed by atoms with E-state index in [-0.39, 0.29) is 0 Å². The van der Waals surface area contributed by atoms with Gasteiger partial charge in [-0.05, 0) is 24.0 Å². The topological polar surface area (TPSA) is 76.8 Å². The Kier molecular flexibility index (Phi) is 6.73. The van der Waals surface area contributed by atoms with E-state index in [0.29, 0.717) is 0 Å². The van der Waals surface area contributed by atoms with Gasteiger partial charge in [-0.1, -0.05) is 109 Å². The molecule has 4 aromatic rings. The lowest BCUT2D eigenvalue weighted by atomic mass is 9.91. The predicted molar refractivity (Wildman–Crippen MR) is 133 cm³/mol. The number of aryl methyl sites for hydroxylation is 2. The van der Waals surface area contributed by atoms with Crippen LogP contribution in [0.3, 0.4) is 0 Å². The van der Waals surface area contributed by atoms with Crippen molar-refractivity contribution in [3.63, 3.8) is 0 Å². The van der Waals surface area contributed by atoms with Gasteiger partial charge < -0.3 is 11.7 Å². The molecule has 0 heterocycles. The molecule has 0 aliphatic carbocycles. The summed E-state index contributed by atoms with van der Waals surface area (Å²) in [5.74, 6) is 11.6. The first-order chi connectivity index (χ1) is 15.8. The molecule has 0 amide bonds.